The van der Waals surface area contributed by atoms with Crippen molar-refractivity contribution in [2.45, 2.75) is 33.2 Å². The number of nitrogens with zero attached hydrogens (tertiary/aromatic N) is 1. The van der Waals surface area contributed by atoms with E-state index in [4.69, 9.17) is 14.2 Å². The van der Waals surface area contributed by atoms with E-state index in [9.17, 15) is 19.2 Å². The first-order valence-electron chi connectivity index (χ1n) is 9.17. The fourth-order valence-electron chi connectivity index (χ4n) is 2.61. The molecule has 158 valence electrons. The highest BCUT2D eigenvalue weighted by Crippen LogP contribution is 2.29. The standard InChI is InChI=1S/C19H25N3O7/c1-5-27-12-7-8-14(28-6-2)13(9-12)20-15(23)11-29-16(24)10-22-17(25)19(3,4)21-18(22)26/h7-9H,5-6,10-11H2,1-4H3,(H,20,23)(H,21,26). The Hall–Kier alpha value is -3.30. The van der Waals surface area contributed by atoms with E-state index in [0.717, 1.165) is 4.90 Å². The van der Waals surface area contributed by atoms with E-state index in [1.807, 2.05) is 6.92 Å². The first-order chi connectivity index (χ1) is 13.7. The highest BCUT2D eigenvalue weighted by atomic mass is 16.5. The number of hydrogen-bond donors (Lipinski definition) is 2. The Kier molecular flexibility index (Phi) is 7.03. The van der Waals surface area contributed by atoms with Crippen LogP contribution in [0.25, 0.3) is 0 Å². The average Bonchev–Trinajstić information content (AvgIpc) is 2.84. The predicted octanol–water partition coefficient (Wildman–Crippen LogP) is 1.30. The molecule has 0 radical (unpaired) electrons. The molecule has 1 aromatic rings. The van der Waals surface area contributed by atoms with Crippen LogP contribution in [-0.2, 0) is 19.1 Å². The summed E-state index contributed by atoms with van der Waals surface area (Å²) in [5.74, 6) is -1.04. The molecule has 10 heteroatoms. The number of ether oxygens (including phenoxy) is 3. The molecule has 4 amide bonds. The summed E-state index contributed by atoms with van der Waals surface area (Å²) >= 11 is 0. The number of imide groups is 1. The van der Waals surface area contributed by atoms with Crippen molar-refractivity contribution in [2.75, 3.05) is 31.7 Å². The van der Waals surface area contributed by atoms with Crippen molar-refractivity contribution in [3.05, 3.63) is 18.2 Å². The minimum atomic E-state index is -1.09. The van der Waals surface area contributed by atoms with Gasteiger partial charge in [0.15, 0.2) is 6.61 Å². The summed E-state index contributed by atoms with van der Waals surface area (Å²) in [5, 5.41) is 5.05. The van der Waals surface area contributed by atoms with Crippen LogP contribution >= 0.6 is 0 Å². The number of carbonyl (C=O) groups is 4. The highest BCUT2D eigenvalue weighted by Gasteiger charge is 2.45. The van der Waals surface area contributed by atoms with E-state index in [1.165, 1.54) is 13.8 Å². The number of anilines is 1. The number of esters is 1. The zero-order chi connectivity index (χ0) is 21.6. The maximum Gasteiger partial charge on any atom is 0.326 e. The first-order valence-corrected chi connectivity index (χ1v) is 9.17. The topological polar surface area (TPSA) is 123 Å². The Balaban J connectivity index is 1.92. The molecule has 29 heavy (non-hydrogen) atoms. The van der Waals surface area contributed by atoms with Gasteiger partial charge in [-0.25, -0.2) is 4.79 Å². The maximum atomic E-state index is 12.2. The lowest BCUT2D eigenvalue weighted by molar-refractivity contribution is -0.150. The van der Waals surface area contributed by atoms with Gasteiger partial charge in [0.25, 0.3) is 11.8 Å². The fraction of sp³-hybridized carbons (Fsp3) is 0.474. The molecule has 1 fully saturated rings. The van der Waals surface area contributed by atoms with Gasteiger partial charge in [-0.3, -0.25) is 19.3 Å². The quantitative estimate of drug-likeness (QED) is 0.467. The third kappa shape index (κ3) is 5.59. The molecule has 1 aromatic carbocycles. The molecule has 10 nitrogen and oxygen atoms in total. The molecule has 1 aliphatic rings. The monoisotopic (exact) mass is 407 g/mol. The largest absolute Gasteiger partial charge is 0.494 e. The predicted molar refractivity (Wildman–Crippen MR) is 103 cm³/mol. The summed E-state index contributed by atoms with van der Waals surface area (Å²) in [6.45, 7) is 6.38. The summed E-state index contributed by atoms with van der Waals surface area (Å²) in [4.78, 5) is 48.7. The maximum absolute atomic E-state index is 12.2. The van der Waals surface area contributed by atoms with Gasteiger partial charge in [0.1, 0.15) is 23.6 Å². The van der Waals surface area contributed by atoms with Crippen molar-refractivity contribution < 1.29 is 33.4 Å². The van der Waals surface area contributed by atoms with Crippen molar-refractivity contribution in [3.8, 4) is 11.5 Å². The molecule has 2 rings (SSSR count). The summed E-state index contributed by atoms with van der Waals surface area (Å²) in [5.41, 5.74) is -0.717. The summed E-state index contributed by atoms with van der Waals surface area (Å²) in [7, 11) is 0. The number of nitrogens with one attached hydrogen (secondary N) is 2. The number of rotatable bonds is 9. The average molecular weight is 407 g/mol. The second-order valence-corrected chi connectivity index (χ2v) is 6.68. The van der Waals surface area contributed by atoms with Gasteiger partial charge in [0.05, 0.1) is 18.9 Å². The number of carbonyl (C=O) groups excluding carboxylic acids is 4. The molecule has 1 heterocycles. The molecule has 0 spiro atoms. The number of hydrogen-bond acceptors (Lipinski definition) is 7. The Morgan fingerprint density at radius 1 is 1.14 bits per heavy atom. The molecule has 0 atom stereocenters. The van der Waals surface area contributed by atoms with E-state index in [2.05, 4.69) is 10.6 Å². The van der Waals surface area contributed by atoms with Gasteiger partial charge in [-0.1, -0.05) is 0 Å². The molecule has 1 saturated heterocycles. The SMILES string of the molecule is CCOc1ccc(OCC)c(NC(=O)COC(=O)CN2C(=O)NC(C)(C)C2=O)c1. The van der Waals surface area contributed by atoms with Crippen LogP contribution < -0.4 is 20.1 Å². The lowest BCUT2D eigenvalue weighted by atomic mass is 10.1. The van der Waals surface area contributed by atoms with Gasteiger partial charge < -0.3 is 24.8 Å². The Labute approximate surface area is 168 Å². The van der Waals surface area contributed by atoms with Crippen LogP contribution in [0, 0.1) is 0 Å². The Morgan fingerprint density at radius 2 is 1.83 bits per heavy atom. The van der Waals surface area contributed by atoms with E-state index < -0.39 is 42.5 Å². The van der Waals surface area contributed by atoms with Gasteiger partial charge in [-0.05, 0) is 39.8 Å². The Morgan fingerprint density at radius 3 is 2.41 bits per heavy atom. The lowest BCUT2D eigenvalue weighted by Crippen LogP contribution is -2.41. The zero-order valence-electron chi connectivity index (χ0n) is 16.9. The number of amides is 4. The van der Waals surface area contributed by atoms with E-state index >= 15 is 0 Å². The molecule has 1 aliphatic heterocycles. The summed E-state index contributed by atoms with van der Waals surface area (Å²) < 4.78 is 15.7. The van der Waals surface area contributed by atoms with Crippen LogP contribution in [0.4, 0.5) is 10.5 Å². The highest BCUT2D eigenvalue weighted by molar-refractivity contribution is 6.08. The smallest absolute Gasteiger partial charge is 0.326 e. The molecule has 0 aromatic heterocycles. The van der Waals surface area contributed by atoms with Gasteiger partial charge in [-0.2, -0.15) is 0 Å². The van der Waals surface area contributed by atoms with Crippen LogP contribution in [-0.4, -0.2) is 60.6 Å². The second kappa shape index (κ2) is 9.26. The Bertz CT molecular complexity index is 807. The molecule has 0 aliphatic carbocycles. The first kappa shape index (κ1) is 22.0. The molecule has 2 N–H and O–H groups in total. The van der Waals surface area contributed by atoms with Crippen LogP contribution in [0.2, 0.25) is 0 Å². The van der Waals surface area contributed by atoms with Crippen LogP contribution in [0.15, 0.2) is 18.2 Å². The molecule has 0 saturated carbocycles. The minimum Gasteiger partial charge on any atom is -0.494 e. The van der Waals surface area contributed by atoms with Crippen LogP contribution in [0.3, 0.4) is 0 Å². The van der Waals surface area contributed by atoms with E-state index in [-0.39, 0.29) is 0 Å². The second-order valence-electron chi connectivity index (χ2n) is 6.68. The molecular weight excluding hydrogens is 382 g/mol. The lowest BCUT2D eigenvalue weighted by Gasteiger charge is -2.15. The van der Waals surface area contributed by atoms with E-state index in [1.54, 1.807) is 25.1 Å². The normalized spacial score (nSPS) is 15.0. The molecule has 0 bridgehead atoms. The fourth-order valence-corrected chi connectivity index (χ4v) is 2.61. The van der Waals surface area contributed by atoms with Gasteiger partial charge in [0, 0.05) is 6.07 Å². The third-order valence-corrected chi connectivity index (χ3v) is 3.93. The molecular formula is C19H25N3O7. The van der Waals surface area contributed by atoms with Crippen molar-refractivity contribution in [1.29, 1.82) is 0 Å². The molecule has 0 unspecified atom stereocenters. The van der Waals surface area contributed by atoms with Gasteiger partial charge in [0.2, 0.25) is 0 Å². The zero-order valence-corrected chi connectivity index (χ0v) is 16.9. The summed E-state index contributed by atoms with van der Waals surface area (Å²) in [6, 6.07) is 4.29. The van der Waals surface area contributed by atoms with Crippen molar-refractivity contribution in [3.63, 3.8) is 0 Å². The van der Waals surface area contributed by atoms with E-state index in [0.29, 0.717) is 30.4 Å². The van der Waals surface area contributed by atoms with Gasteiger partial charge >= 0.3 is 12.0 Å². The van der Waals surface area contributed by atoms with Crippen LogP contribution in [0.5, 0.6) is 11.5 Å². The number of urea groups is 1. The third-order valence-electron chi connectivity index (χ3n) is 3.93. The van der Waals surface area contributed by atoms with Crippen molar-refractivity contribution in [1.82, 2.24) is 10.2 Å². The van der Waals surface area contributed by atoms with Crippen molar-refractivity contribution in [2.24, 2.45) is 0 Å². The number of benzene rings is 1. The minimum absolute atomic E-state index is 0.370. The summed E-state index contributed by atoms with van der Waals surface area (Å²) in [6.07, 6.45) is 0. The van der Waals surface area contributed by atoms with Gasteiger partial charge in [-0.15, -0.1) is 0 Å². The van der Waals surface area contributed by atoms with Crippen molar-refractivity contribution >= 4 is 29.5 Å². The van der Waals surface area contributed by atoms with Crippen LogP contribution in [0.1, 0.15) is 27.7 Å².